The van der Waals surface area contributed by atoms with Gasteiger partial charge in [0.25, 0.3) is 0 Å². The molecular formula is C13H8F3N3O. The number of aromatic nitrogens is 2. The number of benzene rings is 1. The van der Waals surface area contributed by atoms with E-state index in [9.17, 15) is 13.2 Å². The maximum atomic E-state index is 12.6. The molecule has 3 rings (SSSR count). The predicted molar refractivity (Wildman–Crippen MR) is 66.5 cm³/mol. The highest BCUT2D eigenvalue weighted by Gasteiger charge is 2.30. The molecule has 0 amide bonds. The van der Waals surface area contributed by atoms with Crippen LogP contribution in [-0.4, -0.2) is 10.1 Å². The van der Waals surface area contributed by atoms with Crippen LogP contribution in [0, 0.1) is 0 Å². The standard InChI is InChI=1S/C13H8F3N3O/c14-13(15,16)8-3-1-4-9(7-8)18-12-11-10(20-19-12)5-2-6-17-11/h1-7H,(H,18,19). The first-order valence-corrected chi connectivity index (χ1v) is 5.69. The molecule has 1 aromatic carbocycles. The number of nitrogens with zero attached hydrogens (tertiary/aromatic N) is 2. The Kier molecular flexibility index (Phi) is 2.81. The first-order chi connectivity index (χ1) is 9.54. The molecule has 0 aliphatic carbocycles. The van der Waals surface area contributed by atoms with Gasteiger partial charge in [-0.05, 0) is 30.3 Å². The normalized spacial score (nSPS) is 11.8. The van der Waals surface area contributed by atoms with E-state index in [1.165, 1.54) is 12.1 Å². The number of hydrogen-bond donors (Lipinski definition) is 1. The van der Waals surface area contributed by atoms with Crippen molar-refractivity contribution < 1.29 is 17.7 Å². The Labute approximate surface area is 111 Å². The molecule has 2 aromatic heterocycles. The number of halogens is 3. The second-order valence-corrected chi connectivity index (χ2v) is 4.08. The monoisotopic (exact) mass is 279 g/mol. The highest BCUT2D eigenvalue weighted by Crippen LogP contribution is 2.32. The summed E-state index contributed by atoms with van der Waals surface area (Å²) in [4.78, 5) is 4.07. The molecule has 4 nitrogen and oxygen atoms in total. The van der Waals surface area contributed by atoms with E-state index in [2.05, 4.69) is 15.5 Å². The van der Waals surface area contributed by atoms with Crippen molar-refractivity contribution in [1.82, 2.24) is 10.1 Å². The minimum Gasteiger partial charge on any atom is -0.352 e. The quantitative estimate of drug-likeness (QED) is 0.770. The lowest BCUT2D eigenvalue weighted by Crippen LogP contribution is -2.05. The summed E-state index contributed by atoms with van der Waals surface area (Å²) < 4.78 is 42.9. The summed E-state index contributed by atoms with van der Waals surface area (Å²) in [6, 6.07) is 8.20. The third-order valence-electron chi connectivity index (χ3n) is 2.68. The largest absolute Gasteiger partial charge is 0.416 e. The van der Waals surface area contributed by atoms with Crippen LogP contribution in [0.2, 0.25) is 0 Å². The molecule has 0 unspecified atom stereocenters. The Morgan fingerprint density at radius 2 is 1.95 bits per heavy atom. The topological polar surface area (TPSA) is 51.0 Å². The van der Waals surface area contributed by atoms with Crippen molar-refractivity contribution in [3.05, 3.63) is 48.2 Å². The fourth-order valence-electron chi connectivity index (χ4n) is 1.77. The molecule has 3 aromatic rings. The van der Waals surface area contributed by atoms with Crippen LogP contribution in [-0.2, 0) is 6.18 Å². The van der Waals surface area contributed by atoms with Crippen LogP contribution < -0.4 is 5.32 Å². The Morgan fingerprint density at radius 1 is 1.10 bits per heavy atom. The Balaban J connectivity index is 1.95. The Morgan fingerprint density at radius 3 is 2.75 bits per heavy atom. The third kappa shape index (κ3) is 2.29. The molecule has 0 saturated heterocycles. The van der Waals surface area contributed by atoms with E-state index >= 15 is 0 Å². The molecule has 0 spiro atoms. The van der Waals surface area contributed by atoms with Crippen LogP contribution in [0.4, 0.5) is 24.7 Å². The summed E-state index contributed by atoms with van der Waals surface area (Å²) in [6.45, 7) is 0. The van der Waals surface area contributed by atoms with Gasteiger partial charge in [0.05, 0.1) is 5.56 Å². The number of hydrogen-bond acceptors (Lipinski definition) is 4. The molecular weight excluding hydrogens is 271 g/mol. The van der Waals surface area contributed by atoms with Gasteiger partial charge in [0, 0.05) is 11.9 Å². The number of rotatable bonds is 2. The van der Waals surface area contributed by atoms with E-state index in [1.807, 2.05) is 0 Å². The van der Waals surface area contributed by atoms with Crippen LogP contribution in [0.25, 0.3) is 11.1 Å². The zero-order chi connectivity index (χ0) is 14.2. The van der Waals surface area contributed by atoms with E-state index in [0.717, 1.165) is 12.1 Å². The lowest BCUT2D eigenvalue weighted by molar-refractivity contribution is -0.137. The van der Waals surface area contributed by atoms with E-state index in [1.54, 1.807) is 18.3 Å². The van der Waals surface area contributed by atoms with E-state index in [4.69, 9.17) is 4.52 Å². The smallest absolute Gasteiger partial charge is 0.352 e. The molecule has 2 heterocycles. The third-order valence-corrected chi connectivity index (χ3v) is 2.68. The summed E-state index contributed by atoms with van der Waals surface area (Å²) in [5, 5.41) is 6.52. The number of alkyl halides is 3. The van der Waals surface area contributed by atoms with Gasteiger partial charge >= 0.3 is 6.18 Å². The van der Waals surface area contributed by atoms with Gasteiger partial charge in [0.2, 0.25) is 0 Å². The summed E-state index contributed by atoms with van der Waals surface area (Å²) in [5.74, 6) is 0.278. The molecule has 0 atom stereocenters. The molecule has 0 aliphatic rings. The summed E-state index contributed by atoms with van der Waals surface area (Å²) in [6.07, 6.45) is -2.83. The highest BCUT2D eigenvalue weighted by molar-refractivity contribution is 5.85. The van der Waals surface area contributed by atoms with E-state index in [0.29, 0.717) is 11.1 Å². The van der Waals surface area contributed by atoms with Gasteiger partial charge in [-0.2, -0.15) is 13.2 Å². The van der Waals surface area contributed by atoms with E-state index in [-0.39, 0.29) is 11.5 Å². The number of fused-ring (bicyclic) bond motifs is 1. The van der Waals surface area contributed by atoms with Crippen molar-refractivity contribution in [2.75, 3.05) is 5.32 Å². The molecule has 0 radical (unpaired) electrons. The van der Waals surface area contributed by atoms with Crippen molar-refractivity contribution in [2.45, 2.75) is 6.18 Å². The lowest BCUT2D eigenvalue weighted by Gasteiger charge is -2.08. The minimum atomic E-state index is -4.39. The summed E-state index contributed by atoms with van der Waals surface area (Å²) in [7, 11) is 0. The zero-order valence-electron chi connectivity index (χ0n) is 9.98. The van der Waals surface area contributed by atoms with E-state index < -0.39 is 11.7 Å². The van der Waals surface area contributed by atoms with Gasteiger partial charge < -0.3 is 9.84 Å². The Bertz CT molecular complexity index is 752. The summed E-state index contributed by atoms with van der Waals surface area (Å²) in [5.41, 5.74) is 0.454. The number of anilines is 2. The van der Waals surface area contributed by atoms with Crippen molar-refractivity contribution in [1.29, 1.82) is 0 Å². The predicted octanol–water partition coefficient (Wildman–Crippen LogP) is 3.99. The molecule has 102 valence electrons. The minimum absolute atomic E-state index is 0.265. The van der Waals surface area contributed by atoms with Crippen LogP contribution in [0.3, 0.4) is 0 Å². The van der Waals surface area contributed by atoms with Gasteiger partial charge in [-0.15, -0.1) is 0 Å². The number of pyridine rings is 1. The average Bonchev–Trinajstić information content (AvgIpc) is 2.82. The Hall–Kier alpha value is -2.57. The second-order valence-electron chi connectivity index (χ2n) is 4.08. The van der Waals surface area contributed by atoms with Crippen LogP contribution in [0.5, 0.6) is 0 Å². The van der Waals surface area contributed by atoms with Crippen molar-refractivity contribution in [3.8, 4) is 0 Å². The zero-order valence-corrected chi connectivity index (χ0v) is 9.98. The van der Waals surface area contributed by atoms with Crippen molar-refractivity contribution in [3.63, 3.8) is 0 Å². The van der Waals surface area contributed by atoms with Crippen LogP contribution in [0.1, 0.15) is 5.56 Å². The van der Waals surface area contributed by atoms with Crippen molar-refractivity contribution >= 4 is 22.6 Å². The van der Waals surface area contributed by atoms with Gasteiger partial charge in [0.15, 0.2) is 16.9 Å². The van der Waals surface area contributed by atoms with Gasteiger partial charge in [-0.25, -0.2) is 4.98 Å². The fourth-order valence-corrected chi connectivity index (χ4v) is 1.77. The number of nitrogens with one attached hydrogen (secondary N) is 1. The van der Waals surface area contributed by atoms with Gasteiger partial charge in [-0.1, -0.05) is 11.2 Å². The molecule has 1 N–H and O–H groups in total. The molecule has 7 heteroatoms. The average molecular weight is 279 g/mol. The lowest BCUT2D eigenvalue weighted by atomic mass is 10.2. The molecule has 20 heavy (non-hydrogen) atoms. The second kappa shape index (κ2) is 4.52. The van der Waals surface area contributed by atoms with Crippen LogP contribution in [0.15, 0.2) is 47.1 Å². The molecule has 0 aliphatic heterocycles. The fraction of sp³-hybridized carbons (Fsp3) is 0.0769. The maximum Gasteiger partial charge on any atom is 0.416 e. The first-order valence-electron chi connectivity index (χ1n) is 5.69. The van der Waals surface area contributed by atoms with Crippen LogP contribution >= 0.6 is 0 Å². The van der Waals surface area contributed by atoms with Gasteiger partial charge in [0.1, 0.15) is 0 Å². The van der Waals surface area contributed by atoms with Crippen molar-refractivity contribution in [2.24, 2.45) is 0 Å². The molecule has 0 saturated carbocycles. The summed E-state index contributed by atoms with van der Waals surface area (Å²) >= 11 is 0. The SMILES string of the molecule is FC(F)(F)c1cccc(Nc2noc3cccnc23)c1. The molecule has 0 fully saturated rings. The maximum absolute atomic E-state index is 12.6. The highest BCUT2D eigenvalue weighted by atomic mass is 19.4. The first kappa shape index (κ1) is 12.5. The van der Waals surface area contributed by atoms with Gasteiger partial charge in [-0.3, -0.25) is 0 Å². The molecule has 0 bridgehead atoms.